The third-order valence-corrected chi connectivity index (χ3v) is 4.09. The van der Waals surface area contributed by atoms with E-state index < -0.39 is 0 Å². The second kappa shape index (κ2) is 5.29. The minimum atomic E-state index is -0.0269. The van der Waals surface area contributed by atoms with Crippen LogP contribution in [0.2, 0.25) is 0 Å². The molecule has 0 amide bonds. The summed E-state index contributed by atoms with van der Waals surface area (Å²) in [4.78, 5) is 16.9. The van der Waals surface area contributed by atoms with Gasteiger partial charge in [-0.15, -0.1) is 0 Å². The van der Waals surface area contributed by atoms with E-state index in [4.69, 9.17) is 0 Å². The number of nitrogens with zero attached hydrogens (tertiary/aromatic N) is 1. The summed E-state index contributed by atoms with van der Waals surface area (Å²) in [7, 11) is 0. The molecule has 4 heteroatoms. The maximum Gasteiger partial charge on any atom is 0.255 e. The van der Waals surface area contributed by atoms with Gasteiger partial charge in [0, 0.05) is 42.4 Å². The summed E-state index contributed by atoms with van der Waals surface area (Å²) in [5.41, 5.74) is 1.07. The molecule has 0 unspecified atom stereocenters. The number of fused-ring (bicyclic) bond motifs is 1. The van der Waals surface area contributed by atoms with Gasteiger partial charge < -0.3 is 10.3 Å². The van der Waals surface area contributed by atoms with Crippen molar-refractivity contribution in [2.24, 2.45) is 0 Å². The molecular weight excluding hydrogens is 250 g/mol. The van der Waals surface area contributed by atoms with Crippen LogP contribution in [0.15, 0.2) is 35.3 Å². The third-order valence-electron chi connectivity index (χ3n) is 4.09. The number of nitrogens with one attached hydrogen (secondary N) is 2. The Morgan fingerprint density at radius 2 is 2.20 bits per heavy atom. The molecule has 2 N–H and O–H groups in total. The van der Waals surface area contributed by atoms with Crippen molar-refractivity contribution in [2.75, 3.05) is 18.4 Å². The van der Waals surface area contributed by atoms with Gasteiger partial charge in [-0.2, -0.15) is 0 Å². The van der Waals surface area contributed by atoms with Crippen molar-refractivity contribution in [1.29, 1.82) is 0 Å². The van der Waals surface area contributed by atoms with E-state index in [9.17, 15) is 4.79 Å². The lowest BCUT2D eigenvalue weighted by atomic mass is 10.1. The van der Waals surface area contributed by atoms with Crippen LogP contribution in [0, 0.1) is 0 Å². The highest BCUT2D eigenvalue weighted by atomic mass is 16.1. The van der Waals surface area contributed by atoms with Gasteiger partial charge in [0.2, 0.25) is 0 Å². The van der Waals surface area contributed by atoms with Gasteiger partial charge in [-0.1, -0.05) is 0 Å². The summed E-state index contributed by atoms with van der Waals surface area (Å²) in [5, 5.41) is 5.31. The van der Waals surface area contributed by atoms with Gasteiger partial charge in [0.1, 0.15) is 0 Å². The third kappa shape index (κ3) is 2.56. The maximum absolute atomic E-state index is 11.7. The van der Waals surface area contributed by atoms with Crippen LogP contribution in [-0.4, -0.2) is 35.1 Å². The van der Waals surface area contributed by atoms with Crippen molar-refractivity contribution in [3.8, 4) is 0 Å². The van der Waals surface area contributed by atoms with Crippen molar-refractivity contribution in [2.45, 2.75) is 32.4 Å². The lowest BCUT2D eigenvalue weighted by Gasteiger charge is -2.21. The van der Waals surface area contributed by atoms with Crippen LogP contribution in [0.4, 0.5) is 5.69 Å². The van der Waals surface area contributed by atoms with E-state index in [0.29, 0.717) is 12.1 Å². The summed E-state index contributed by atoms with van der Waals surface area (Å²) in [5.74, 6) is 0. The molecule has 1 atom stereocenters. The van der Waals surface area contributed by atoms with Crippen LogP contribution in [0.25, 0.3) is 10.8 Å². The van der Waals surface area contributed by atoms with Crippen molar-refractivity contribution in [1.82, 2.24) is 9.88 Å². The van der Waals surface area contributed by atoms with Gasteiger partial charge in [0.25, 0.3) is 5.56 Å². The molecule has 2 heterocycles. The Morgan fingerprint density at radius 1 is 1.35 bits per heavy atom. The van der Waals surface area contributed by atoms with E-state index in [2.05, 4.69) is 35.1 Å². The van der Waals surface area contributed by atoms with Crippen LogP contribution in [0.1, 0.15) is 20.3 Å². The second-order valence-corrected chi connectivity index (χ2v) is 5.83. The Morgan fingerprint density at radius 3 is 2.95 bits per heavy atom. The van der Waals surface area contributed by atoms with Crippen LogP contribution >= 0.6 is 0 Å². The Balaban J connectivity index is 1.77. The highest BCUT2D eigenvalue weighted by Gasteiger charge is 2.23. The van der Waals surface area contributed by atoms with Gasteiger partial charge >= 0.3 is 0 Å². The van der Waals surface area contributed by atoms with Crippen LogP contribution in [0.5, 0.6) is 0 Å². The van der Waals surface area contributed by atoms with Crippen molar-refractivity contribution in [3.63, 3.8) is 0 Å². The quantitative estimate of drug-likeness (QED) is 0.901. The first-order valence-electron chi connectivity index (χ1n) is 7.25. The van der Waals surface area contributed by atoms with Gasteiger partial charge in [-0.25, -0.2) is 0 Å². The number of rotatable bonds is 3. The SMILES string of the molecule is CC(C)N1CC[C@H](Nc2ccc3c(=O)[nH]ccc3c2)C1. The fourth-order valence-corrected chi connectivity index (χ4v) is 2.89. The van der Waals surface area contributed by atoms with Gasteiger partial charge in [-0.05, 0) is 49.9 Å². The molecule has 3 rings (SSSR count). The monoisotopic (exact) mass is 271 g/mol. The highest BCUT2D eigenvalue weighted by Crippen LogP contribution is 2.20. The molecule has 2 aromatic rings. The summed E-state index contributed by atoms with van der Waals surface area (Å²) < 4.78 is 0. The molecule has 1 saturated heterocycles. The normalized spacial score (nSPS) is 19.9. The van der Waals surface area contributed by atoms with Crippen LogP contribution < -0.4 is 10.9 Å². The highest BCUT2D eigenvalue weighted by molar-refractivity contribution is 5.84. The van der Waals surface area contributed by atoms with Gasteiger partial charge in [0.05, 0.1) is 0 Å². The number of hydrogen-bond acceptors (Lipinski definition) is 3. The van der Waals surface area contributed by atoms with E-state index in [1.807, 2.05) is 18.2 Å². The average Bonchev–Trinajstić information content (AvgIpc) is 2.88. The zero-order valence-electron chi connectivity index (χ0n) is 12.0. The largest absolute Gasteiger partial charge is 0.381 e. The number of aromatic amines is 1. The summed E-state index contributed by atoms with van der Waals surface area (Å²) in [6.07, 6.45) is 2.87. The summed E-state index contributed by atoms with van der Waals surface area (Å²) >= 11 is 0. The zero-order chi connectivity index (χ0) is 14.1. The number of benzene rings is 1. The minimum Gasteiger partial charge on any atom is -0.381 e. The number of H-pyrrole nitrogens is 1. The number of hydrogen-bond donors (Lipinski definition) is 2. The first kappa shape index (κ1) is 13.2. The topological polar surface area (TPSA) is 48.1 Å². The average molecular weight is 271 g/mol. The molecule has 1 aliphatic heterocycles. The smallest absolute Gasteiger partial charge is 0.255 e. The molecule has 0 saturated carbocycles. The molecule has 1 fully saturated rings. The zero-order valence-corrected chi connectivity index (χ0v) is 12.0. The minimum absolute atomic E-state index is 0.0269. The Hall–Kier alpha value is -1.81. The molecular formula is C16H21N3O. The van der Waals surface area contributed by atoms with E-state index >= 15 is 0 Å². The molecule has 0 aliphatic carbocycles. The van der Waals surface area contributed by atoms with E-state index in [0.717, 1.165) is 29.5 Å². The fourth-order valence-electron chi connectivity index (χ4n) is 2.89. The van der Waals surface area contributed by atoms with E-state index in [1.54, 1.807) is 6.20 Å². The maximum atomic E-state index is 11.7. The molecule has 0 spiro atoms. The lowest BCUT2D eigenvalue weighted by Crippen LogP contribution is -2.31. The molecule has 1 aromatic carbocycles. The van der Waals surface area contributed by atoms with E-state index in [1.165, 1.54) is 6.42 Å². The Labute approximate surface area is 118 Å². The predicted molar refractivity (Wildman–Crippen MR) is 83.3 cm³/mol. The number of aromatic nitrogens is 1. The second-order valence-electron chi connectivity index (χ2n) is 5.83. The Bertz CT molecular complexity index is 662. The van der Waals surface area contributed by atoms with Crippen molar-refractivity contribution in [3.05, 3.63) is 40.8 Å². The fraction of sp³-hybridized carbons (Fsp3) is 0.438. The standard InChI is InChI=1S/C16H21N3O/c1-11(2)19-8-6-14(10-19)18-13-3-4-15-12(9-13)5-7-17-16(15)20/h3-5,7,9,11,14,18H,6,8,10H2,1-2H3,(H,17,20)/t14-/m0/s1. The molecule has 1 aliphatic rings. The van der Waals surface area contributed by atoms with Crippen LogP contribution in [-0.2, 0) is 0 Å². The molecule has 0 bridgehead atoms. The number of pyridine rings is 1. The molecule has 106 valence electrons. The van der Waals surface area contributed by atoms with Crippen molar-refractivity contribution < 1.29 is 0 Å². The lowest BCUT2D eigenvalue weighted by molar-refractivity contribution is 0.274. The first-order chi connectivity index (χ1) is 9.63. The van der Waals surface area contributed by atoms with Gasteiger partial charge in [-0.3, -0.25) is 9.69 Å². The van der Waals surface area contributed by atoms with E-state index in [-0.39, 0.29) is 5.56 Å². The van der Waals surface area contributed by atoms with Crippen molar-refractivity contribution >= 4 is 16.5 Å². The molecule has 0 radical (unpaired) electrons. The molecule has 4 nitrogen and oxygen atoms in total. The van der Waals surface area contributed by atoms with Crippen LogP contribution in [0.3, 0.4) is 0 Å². The number of anilines is 1. The Kier molecular flexibility index (Phi) is 3.49. The summed E-state index contributed by atoms with van der Waals surface area (Å²) in [6, 6.07) is 9.00. The molecule has 20 heavy (non-hydrogen) atoms. The predicted octanol–water partition coefficient (Wildman–Crippen LogP) is 2.42. The first-order valence-corrected chi connectivity index (χ1v) is 7.25. The molecule has 1 aromatic heterocycles. The summed E-state index contributed by atoms with van der Waals surface area (Å²) in [6.45, 7) is 6.73. The van der Waals surface area contributed by atoms with Gasteiger partial charge in [0.15, 0.2) is 0 Å². The number of likely N-dealkylation sites (tertiary alicyclic amines) is 1.